The second kappa shape index (κ2) is 17.2. The van der Waals surface area contributed by atoms with Gasteiger partial charge in [-0.15, -0.1) is 20.5 Å². The van der Waals surface area contributed by atoms with Crippen molar-refractivity contribution in [3.63, 3.8) is 0 Å². The van der Waals surface area contributed by atoms with Crippen LogP contribution in [0.1, 0.15) is 83.8 Å². The van der Waals surface area contributed by atoms with Gasteiger partial charge in [0, 0.05) is 18.7 Å². The summed E-state index contributed by atoms with van der Waals surface area (Å²) in [5.41, 5.74) is -5.38. The number of azo groups is 2. The molecule has 0 fully saturated rings. The summed E-state index contributed by atoms with van der Waals surface area (Å²) in [6.45, 7) is 9.93. The molecular formula is C36H30N8O12. The lowest BCUT2D eigenvalue weighted by Gasteiger charge is -2.14. The molecule has 20 heteroatoms. The summed E-state index contributed by atoms with van der Waals surface area (Å²) in [6.07, 6.45) is 1.24. The average Bonchev–Trinajstić information content (AvgIpc) is 3.15. The topological polar surface area (TPSA) is 311 Å². The summed E-state index contributed by atoms with van der Waals surface area (Å²) in [7, 11) is 0. The minimum absolute atomic E-state index is 0.0520. The van der Waals surface area contributed by atoms with Crippen LogP contribution in [-0.2, 0) is 13.1 Å². The normalized spacial score (nSPS) is 11.1. The molecule has 0 aliphatic heterocycles. The molecule has 0 saturated carbocycles. The molecule has 0 spiro atoms. The number of aromatic nitrogens is 2. The molecule has 56 heavy (non-hydrogen) atoms. The van der Waals surface area contributed by atoms with Gasteiger partial charge in [0.2, 0.25) is 11.6 Å². The van der Waals surface area contributed by atoms with Crippen LogP contribution in [0.2, 0.25) is 0 Å². The van der Waals surface area contributed by atoms with Crippen LogP contribution in [0.5, 0.6) is 11.8 Å². The summed E-state index contributed by atoms with van der Waals surface area (Å²) in [5.74, 6) is -6.90. The van der Waals surface area contributed by atoms with E-state index in [2.05, 4.69) is 25.3 Å². The zero-order valence-corrected chi connectivity index (χ0v) is 29.4. The maximum atomic E-state index is 13.4. The predicted molar refractivity (Wildman–Crippen MR) is 193 cm³/mol. The van der Waals surface area contributed by atoms with Crippen LogP contribution in [0.25, 0.3) is 4.85 Å². The summed E-state index contributed by atoms with van der Waals surface area (Å²) in [4.78, 5) is 76.3. The van der Waals surface area contributed by atoms with Crippen LogP contribution < -0.4 is 11.1 Å². The number of aromatic carboxylic acids is 4. The highest BCUT2D eigenvalue weighted by atomic mass is 16.4. The molecule has 4 aromatic rings. The third-order valence-electron chi connectivity index (χ3n) is 8.49. The number of benzene rings is 2. The molecule has 0 atom stereocenters. The molecule has 286 valence electrons. The molecule has 0 amide bonds. The smallest absolute Gasteiger partial charge is 0.337 e. The maximum Gasteiger partial charge on any atom is 0.337 e. The van der Waals surface area contributed by atoms with Crippen molar-refractivity contribution in [2.24, 2.45) is 20.5 Å². The van der Waals surface area contributed by atoms with Gasteiger partial charge in [-0.05, 0) is 68.7 Å². The summed E-state index contributed by atoms with van der Waals surface area (Å²) in [5, 5.41) is 84.1. The second-order valence-electron chi connectivity index (χ2n) is 12.0. The number of carboxylic acid groups (broad SMARTS) is 4. The lowest BCUT2D eigenvalue weighted by atomic mass is 10.1. The number of carboxylic acids is 4. The molecule has 0 unspecified atom stereocenters. The van der Waals surface area contributed by atoms with Crippen molar-refractivity contribution in [3.05, 3.63) is 107 Å². The first-order valence-corrected chi connectivity index (χ1v) is 16.3. The van der Waals surface area contributed by atoms with Crippen molar-refractivity contribution >= 4 is 52.3 Å². The van der Waals surface area contributed by atoms with Crippen LogP contribution in [0, 0.1) is 31.8 Å². The molecule has 2 aromatic heterocycles. The van der Waals surface area contributed by atoms with E-state index in [9.17, 15) is 64.7 Å². The predicted octanol–water partition coefficient (Wildman–Crippen LogP) is 6.34. The first kappa shape index (κ1) is 40.8. The van der Waals surface area contributed by atoms with E-state index in [4.69, 9.17) is 6.57 Å². The number of pyridine rings is 2. The number of carbonyl (C=O) groups is 4. The Morgan fingerprint density at radius 3 is 1.50 bits per heavy atom. The van der Waals surface area contributed by atoms with E-state index in [0.29, 0.717) is 12.8 Å². The van der Waals surface area contributed by atoms with Crippen LogP contribution in [0.3, 0.4) is 0 Å². The maximum absolute atomic E-state index is 13.4. The van der Waals surface area contributed by atoms with E-state index >= 15 is 0 Å². The van der Waals surface area contributed by atoms with Crippen molar-refractivity contribution in [2.45, 2.75) is 52.6 Å². The van der Waals surface area contributed by atoms with Gasteiger partial charge in [0.25, 0.3) is 11.1 Å². The lowest BCUT2D eigenvalue weighted by Crippen LogP contribution is -2.22. The largest absolute Gasteiger partial charge is 0.503 e. The monoisotopic (exact) mass is 766 g/mol. The van der Waals surface area contributed by atoms with Gasteiger partial charge in [-0.2, -0.15) is 5.26 Å². The SMILES string of the molecule is [C-]#[N+]c1c(C)c(N=Nc2cc(C(=O)O)ccc2C(=O)O)c(=O)n(CCCCCCn2c(O)c(C#N)c(C)c(N=Nc3cc(C(=O)O)ccc3C(=O)O)c2=O)c1O. The van der Waals surface area contributed by atoms with E-state index in [1.807, 2.05) is 0 Å². The number of rotatable bonds is 15. The van der Waals surface area contributed by atoms with Gasteiger partial charge in [-0.25, -0.2) is 24.0 Å². The first-order chi connectivity index (χ1) is 26.5. The number of aromatic hydroxyl groups is 2. The van der Waals surface area contributed by atoms with Crippen LogP contribution in [-0.4, -0.2) is 63.7 Å². The molecule has 0 radical (unpaired) electrons. The van der Waals surface area contributed by atoms with Gasteiger partial charge >= 0.3 is 23.9 Å². The highest BCUT2D eigenvalue weighted by molar-refractivity contribution is 5.97. The highest BCUT2D eigenvalue weighted by Gasteiger charge is 2.22. The molecular weight excluding hydrogens is 736 g/mol. The van der Waals surface area contributed by atoms with E-state index in [0.717, 1.165) is 45.5 Å². The molecule has 2 heterocycles. The van der Waals surface area contributed by atoms with E-state index in [1.54, 1.807) is 6.07 Å². The fourth-order valence-corrected chi connectivity index (χ4v) is 5.47. The van der Waals surface area contributed by atoms with Crippen molar-refractivity contribution in [2.75, 3.05) is 0 Å². The molecule has 0 aliphatic rings. The number of nitrogens with zero attached hydrogens (tertiary/aromatic N) is 8. The Bertz CT molecular complexity index is 2400. The van der Waals surface area contributed by atoms with E-state index < -0.39 is 69.3 Å². The minimum Gasteiger partial charge on any atom is -0.503 e. The Balaban J connectivity index is 1.54. The van der Waals surface area contributed by atoms with E-state index in [-0.39, 0.29) is 70.8 Å². The summed E-state index contributed by atoms with van der Waals surface area (Å²) < 4.78 is 1.76. The zero-order chi connectivity index (χ0) is 41.4. The average molecular weight is 767 g/mol. The Morgan fingerprint density at radius 2 is 1.11 bits per heavy atom. The second-order valence-corrected chi connectivity index (χ2v) is 12.0. The lowest BCUT2D eigenvalue weighted by molar-refractivity contribution is 0.0682. The minimum atomic E-state index is -1.44. The Labute approximate surface area is 314 Å². The van der Waals surface area contributed by atoms with Gasteiger partial charge < -0.3 is 30.6 Å². The van der Waals surface area contributed by atoms with E-state index in [1.165, 1.54) is 13.8 Å². The number of unbranched alkanes of at least 4 members (excludes halogenated alkanes) is 3. The number of nitriles is 1. The van der Waals surface area contributed by atoms with Crippen LogP contribution >= 0.6 is 0 Å². The van der Waals surface area contributed by atoms with Gasteiger partial charge in [-0.3, -0.25) is 18.7 Å². The molecule has 20 nitrogen and oxygen atoms in total. The Hall–Kier alpha value is -8.00. The van der Waals surface area contributed by atoms with Crippen molar-refractivity contribution in [1.82, 2.24) is 9.13 Å². The van der Waals surface area contributed by atoms with Crippen molar-refractivity contribution in [1.29, 1.82) is 5.26 Å². The van der Waals surface area contributed by atoms with Gasteiger partial charge in [-0.1, -0.05) is 12.8 Å². The molecule has 6 N–H and O–H groups in total. The standard InChI is InChI=1S/C36H30N8O12/c1-17-23(16-37)29(45)43(31(47)27(17)41-39-24-14-19(33(49)50)8-10-21(24)35(53)54)12-6-4-5-7-13-44-30(46)26(38-3)18(2)28(32(44)48)42-40-25-15-20(34(51)52)9-11-22(25)36(55)56/h8-11,14-15,45-46H,4-7,12-13H2,1-2H3,(H,49,50)(H,51,52)(H,53,54)(H,55,56). The number of hydrogen-bond acceptors (Lipinski definition) is 13. The quantitative estimate of drug-likeness (QED) is 0.0437. The molecule has 4 rings (SSSR count). The molecule has 0 bridgehead atoms. The Kier molecular flexibility index (Phi) is 12.5. The molecule has 0 aliphatic carbocycles. The third-order valence-corrected chi connectivity index (χ3v) is 8.49. The van der Waals surface area contributed by atoms with Crippen LogP contribution in [0.15, 0.2) is 66.4 Å². The summed E-state index contributed by atoms with van der Waals surface area (Å²) >= 11 is 0. The molecule has 2 aromatic carbocycles. The van der Waals surface area contributed by atoms with Crippen molar-refractivity contribution < 1.29 is 49.8 Å². The fraction of sp³-hybridized carbons (Fsp3) is 0.222. The van der Waals surface area contributed by atoms with Gasteiger partial charge in [0.15, 0.2) is 11.6 Å². The third kappa shape index (κ3) is 8.45. The van der Waals surface area contributed by atoms with Crippen LogP contribution in [0.4, 0.5) is 28.4 Å². The first-order valence-electron chi connectivity index (χ1n) is 16.3. The summed E-state index contributed by atoms with van der Waals surface area (Å²) in [6, 6.07) is 7.83. The zero-order valence-electron chi connectivity index (χ0n) is 29.4. The van der Waals surface area contributed by atoms with Crippen molar-refractivity contribution in [3.8, 4) is 17.8 Å². The fourth-order valence-electron chi connectivity index (χ4n) is 5.47. The number of hydrogen-bond donors (Lipinski definition) is 6. The van der Waals surface area contributed by atoms with Gasteiger partial charge in [0.1, 0.15) is 28.7 Å². The Morgan fingerprint density at radius 1 is 0.679 bits per heavy atom. The highest BCUT2D eigenvalue weighted by Crippen LogP contribution is 2.35. The molecule has 0 saturated heterocycles. The van der Waals surface area contributed by atoms with Gasteiger partial charge in [0.05, 0.1) is 28.8 Å².